The number of imidazole rings is 1. The van der Waals surface area contributed by atoms with Crippen LogP contribution in [0.25, 0.3) is 0 Å². The van der Waals surface area contributed by atoms with Gasteiger partial charge in [0, 0.05) is 25.4 Å². The first-order valence-corrected chi connectivity index (χ1v) is 5.74. The molecule has 0 radical (unpaired) electrons. The van der Waals surface area contributed by atoms with Crippen molar-refractivity contribution in [3.8, 4) is 0 Å². The largest absolute Gasteiger partial charge is 0.335 e. The summed E-state index contributed by atoms with van der Waals surface area (Å²) in [4.78, 5) is 4.37. The monoisotopic (exact) mass is 194 g/mol. The standard InChI is InChI=1S/C12H22N2/c1-4-6-12-13-8-10-14(12)9-5-7-11(2)3/h8,10-11H,4-7,9H2,1-3H3. The van der Waals surface area contributed by atoms with Crippen LogP contribution in [-0.2, 0) is 13.0 Å². The SMILES string of the molecule is CCCc1nccn1CCCC(C)C. The Bertz CT molecular complexity index is 251. The fourth-order valence-corrected chi connectivity index (χ4v) is 1.67. The molecule has 1 rings (SSSR count). The van der Waals surface area contributed by atoms with E-state index in [4.69, 9.17) is 0 Å². The van der Waals surface area contributed by atoms with Gasteiger partial charge in [-0.2, -0.15) is 0 Å². The van der Waals surface area contributed by atoms with Crippen molar-refractivity contribution in [1.82, 2.24) is 9.55 Å². The summed E-state index contributed by atoms with van der Waals surface area (Å²) in [5.74, 6) is 2.06. The molecule has 2 heteroatoms. The van der Waals surface area contributed by atoms with Crippen molar-refractivity contribution in [3.05, 3.63) is 18.2 Å². The van der Waals surface area contributed by atoms with Crippen LogP contribution in [0.5, 0.6) is 0 Å². The predicted molar refractivity (Wildman–Crippen MR) is 60.3 cm³/mol. The number of hydrogen-bond donors (Lipinski definition) is 0. The maximum atomic E-state index is 4.37. The molecule has 0 fully saturated rings. The van der Waals surface area contributed by atoms with Gasteiger partial charge in [0.2, 0.25) is 0 Å². The normalized spacial score (nSPS) is 11.1. The first-order chi connectivity index (χ1) is 6.74. The molecule has 0 aromatic carbocycles. The minimum atomic E-state index is 0.813. The van der Waals surface area contributed by atoms with Crippen molar-refractivity contribution in [1.29, 1.82) is 0 Å². The molecule has 0 aliphatic carbocycles. The van der Waals surface area contributed by atoms with E-state index < -0.39 is 0 Å². The van der Waals surface area contributed by atoms with Crippen molar-refractivity contribution < 1.29 is 0 Å². The van der Waals surface area contributed by atoms with Crippen molar-refractivity contribution in [2.24, 2.45) is 5.92 Å². The topological polar surface area (TPSA) is 17.8 Å². The molecule has 1 aromatic heterocycles. The molecule has 0 N–H and O–H groups in total. The Morgan fingerprint density at radius 2 is 2.21 bits per heavy atom. The quantitative estimate of drug-likeness (QED) is 0.679. The highest BCUT2D eigenvalue weighted by atomic mass is 15.1. The summed E-state index contributed by atoms with van der Waals surface area (Å²) in [6.45, 7) is 7.89. The summed E-state index contributed by atoms with van der Waals surface area (Å²) >= 11 is 0. The summed E-state index contributed by atoms with van der Waals surface area (Å²) in [7, 11) is 0. The molecule has 0 saturated carbocycles. The molecule has 0 bridgehead atoms. The van der Waals surface area contributed by atoms with Gasteiger partial charge in [0.1, 0.15) is 5.82 Å². The highest BCUT2D eigenvalue weighted by molar-refractivity contribution is 4.92. The lowest BCUT2D eigenvalue weighted by molar-refractivity contribution is 0.503. The van der Waals surface area contributed by atoms with Gasteiger partial charge in [-0.25, -0.2) is 4.98 Å². The lowest BCUT2D eigenvalue weighted by Gasteiger charge is -2.08. The summed E-state index contributed by atoms with van der Waals surface area (Å²) in [6.07, 6.45) is 8.88. The van der Waals surface area contributed by atoms with Gasteiger partial charge in [0.15, 0.2) is 0 Å². The second-order valence-electron chi connectivity index (χ2n) is 4.32. The van der Waals surface area contributed by atoms with Gasteiger partial charge in [0.25, 0.3) is 0 Å². The van der Waals surface area contributed by atoms with Gasteiger partial charge >= 0.3 is 0 Å². The number of aryl methyl sites for hydroxylation is 2. The first kappa shape index (κ1) is 11.3. The second kappa shape index (κ2) is 5.84. The van der Waals surface area contributed by atoms with E-state index in [1.54, 1.807) is 0 Å². The van der Waals surface area contributed by atoms with Gasteiger partial charge < -0.3 is 4.57 Å². The van der Waals surface area contributed by atoms with Crippen LogP contribution >= 0.6 is 0 Å². The van der Waals surface area contributed by atoms with Crippen molar-refractivity contribution >= 4 is 0 Å². The molecule has 0 amide bonds. The Morgan fingerprint density at radius 1 is 1.43 bits per heavy atom. The number of nitrogens with zero attached hydrogens (tertiary/aromatic N) is 2. The van der Waals surface area contributed by atoms with E-state index in [0.29, 0.717) is 0 Å². The number of hydrogen-bond acceptors (Lipinski definition) is 1. The highest BCUT2D eigenvalue weighted by Crippen LogP contribution is 2.08. The molecular weight excluding hydrogens is 172 g/mol. The third-order valence-corrected chi connectivity index (χ3v) is 2.46. The minimum Gasteiger partial charge on any atom is -0.335 e. The summed E-state index contributed by atoms with van der Waals surface area (Å²) in [6, 6.07) is 0. The van der Waals surface area contributed by atoms with Crippen molar-refractivity contribution in [2.45, 2.75) is 53.0 Å². The van der Waals surface area contributed by atoms with Crippen LogP contribution in [0.15, 0.2) is 12.4 Å². The third kappa shape index (κ3) is 3.52. The number of rotatable bonds is 6. The van der Waals surface area contributed by atoms with Crippen LogP contribution in [0.4, 0.5) is 0 Å². The average Bonchev–Trinajstić information content (AvgIpc) is 2.53. The van der Waals surface area contributed by atoms with Gasteiger partial charge in [0.05, 0.1) is 0 Å². The Morgan fingerprint density at radius 3 is 2.86 bits per heavy atom. The molecule has 0 spiro atoms. The molecule has 0 atom stereocenters. The minimum absolute atomic E-state index is 0.813. The average molecular weight is 194 g/mol. The Hall–Kier alpha value is -0.790. The highest BCUT2D eigenvalue weighted by Gasteiger charge is 2.01. The van der Waals surface area contributed by atoms with Crippen molar-refractivity contribution in [2.75, 3.05) is 0 Å². The van der Waals surface area contributed by atoms with Crippen LogP contribution in [0, 0.1) is 5.92 Å². The van der Waals surface area contributed by atoms with Crippen LogP contribution in [0.2, 0.25) is 0 Å². The Labute approximate surface area is 87.4 Å². The second-order valence-corrected chi connectivity index (χ2v) is 4.32. The zero-order chi connectivity index (χ0) is 10.4. The van der Waals surface area contributed by atoms with Crippen molar-refractivity contribution in [3.63, 3.8) is 0 Å². The molecular formula is C12H22N2. The fourth-order valence-electron chi connectivity index (χ4n) is 1.67. The maximum Gasteiger partial charge on any atom is 0.108 e. The van der Waals surface area contributed by atoms with Crippen LogP contribution in [0.1, 0.15) is 45.9 Å². The van der Waals surface area contributed by atoms with E-state index in [1.165, 1.54) is 25.1 Å². The zero-order valence-corrected chi connectivity index (χ0v) is 9.66. The molecule has 1 aromatic rings. The van der Waals surface area contributed by atoms with E-state index >= 15 is 0 Å². The van der Waals surface area contributed by atoms with Crippen LogP contribution in [0.3, 0.4) is 0 Å². The van der Waals surface area contributed by atoms with Gasteiger partial charge in [-0.3, -0.25) is 0 Å². The molecule has 2 nitrogen and oxygen atoms in total. The molecule has 80 valence electrons. The smallest absolute Gasteiger partial charge is 0.108 e. The van der Waals surface area contributed by atoms with E-state index in [1.807, 2.05) is 6.20 Å². The Balaban J connectivity index is 2.37. The molecule has 1 heterocycles. The summed E-state index contributed by atoms with van der Waals surface area (Å²) in [5, 5.41) is 0. The van der Waals surface area contributed by atoms with Gasteiger partial charge in [-0.15, -0.1) is 0 Å². The summed E-state index contributed by atoms with van der Waals surface area (Å²) in [5.41, 5.74) is 0. The summed E-state index contributed by atoms with van der Waals surface area (Å²) < 4.78 is 2.30. The fraction of sp³-hybridized carbons (Fsp3) is 0.750. The molecule has 0 aliphatic rings. The molecule has 0 aliphatic heterocycles. The zero-order valence-electron chi connectivity index (χ0n) is 9.66. The first-order valence-electron chi connectivity index (χ1n) is 5.74. The van der Waals surface area contributed by atoms with Gasteiger partial charge in [-0.05, 0) is 25.2 Å². The maximum absolute atomic E-state index is 4.37. The third-order valence-electron chi connectivity index (χ3n) is 2.46. The van der Waals surface area contributed by atoms with E-state index in [9.17, 15) is 0 Å². The van der Waals surface area contributed by atoms with E-state index in [-0.39, 0.29) is 0 Å². The van der Waals surface area contributed by atoms with E-state index in [2.05, 4.69) is 36.5 Å². The Kier molecular flexibility index (Phi) is 4.71. The molecule has 0 unspecified atom stereocenters. The lowest BCUT2D eigenvalue weighted by Crippen LogP contribution is -2.04. The van der Waals surface area contributed by atoms with E-state index in [0.717, 1.165) is 18.9 Å². The predicted octanol–water partition coefficient (Wildman–Crippen LogP) is 3.27. The molecule has 0 saturated heterocycles. The number of aromatic nitrogens is 2. The van der Waals surface area contributed by atoms with Crippen LogP contribution in [-0.4, -0.2) is 9.55 Å². The van der Waals surface area contributed by atoms with Gasteiger partial charge in [-0.1, -0.05) is 20.8 Å². The lowest BCUT2D eigenvalue weighted by atomic mass is 10.1. The molecule has 14 heavy (non-hydrogen) atoms. The van der Waals surface area contributed by atoms with Crippen LogP contribution < -0.4 is 0 Å².